The van der Waals surface area contributed by atoms with Crippen LogP contribution in [0.25, 0.3) is 0 Å². The van der Waals surface area contributed by atoms with E-state index in [1.54, 1.807) is 0 Å². The summed E-state index contributed by atoms with van der Waals surface area (Å²) in [5.74, 6) is -0.879. The number of carbonyl (C=O) groups excluding carboxylic acids is 1. The highest BCUT2D eigenvalue weighted by atomic mass is 79.9. The largest absolute Gasteiger partial charge is 0.416 e. The highest BCUT2D eigenvalue weighted by molar-refractivity contribution is 9.10. The van der Waals surface area contributed by atoms with E-state index in [-0.39, 0.29) is 18.1 Å². The van der Waals surface area contributed by atoms with Crippen LogP contribution in [-0.2, 0) is 23.6 Å². The molecule has 1 unspecified atom stereocenters. The van der Waals surface area contributed by atoms with Crippen molar-refractivity contribution < 1.29 is 31.1 Å². The van der Waals surface area contributed by atoms with Gasteiger partial charge in [-0.3, -0.25) is 4.79 Å². The molecule has 0 aliphatic rings. The summed E-state index contributed by atoms with van der Waals surface area (Å²) in [7, 11) is 0. The zero-order valence-corrected chi connectivity index (χ0v) is 11.2. The summed E-state index contributed by atoms with van der Waals surface area (Å²) in [6, 6.07) is 1.15. The molecule has 0 heterocycles. The van der Waals surface area contributed by atoms with E-state index in [2.05, 4.69) is 15.9 Å². The fourth-order valence-electron chi connectivity index (χ4n) is 1.44. The van der Waals surface area contributed by atoms with Crippen molar-refractivity contribution in [2.45, 2.75) is 23.6 Å². The lowest BCUT2D eigenvalue weighted by atomic mass is 10.0. The van der Waals surface area contributed by atoms with Crippen LogP contribution in [0.4, 0.5) is 26.3 Å². The third-order valence-electron chi connectivity index (χ3n) is 2.37. The first-order valence-electron chi connectivity index (χ1n) is 5.13. The van der Waals surface area contributed by atoms with Crippen LogP contribution in [-0.4, -0.2) is 10.7 Å². The van der Waals surface area contributed by atoms with Crippen LogP contribution in [0, 0.1) is 0 Å². The maximum absolute atomic E-state index is 12.6. The van der Waals surface area contributed by atoms with E-state index in [9.17, 15) is 31.1 Å². The Balaban J connectivity index is 3.28. The van der Waals surface area contributed by atoms with E-state index < -0.39 is 34.2 Å². The van der Waals surface area contributed by atoms with Crippen molar-refractivity contribution in [3.8, 4) is 0 Å². The number of halogens is 7. The van der Waals surface area contributed by atoms with Gasteiger partial charge in [-0.1, -0.05) is 15.9 Å². The van der Waals surface area contributed by atoms with Gasteiger partial charge in [-0.05, 0) is 30.2 Å². The molecule has 1 aromatic carbocycles. The molecule has 0 saturated carbocycles. The van der Waals surface area contributed by atoms with Crippen LogP contribution in [0.15, 0.2) is 18.2 Å². The lowest BCUT2D eigenvalue weighted by Crippen LogP contribution is -2.25. The normalized spacial score (nSPS) is 14.2. The molecule has 0 saturated heterocycles. The number of hydrogen-bond donors (Lipinski definition) is 1. The number of benzene rings is 1. The highest BCUT2D eigenvalue weighted by Crippen LogP contribution is 2.36. The molecule has 0 radical (unpaired) electrons. The van der Waals surface area contributed by atoms with Crippen LogP contribution >= 0.6 is 15.9 Å². The van der Waals surface area contributed by atoms with Gasteiger partial charge < -0.3 is 5.73 Å². The minimum absolute atomic E-state index is 0.0248. The van der Waals surface area contributed by atoms with Gasteiger partial charge in [-0.25, -0.2) is 0 Å². The Morgan fingerprint density at radius 3 is 1.75 bits per heavy atom. The molecule has 20 heavy (non-hydrogen) atoms. The van der Waals surface area contributed by atoms with Gasteiger partial charge in [-0.15, -0.1) is 0 Å². The van der Waals surface area contributed by atoms with E-state index in [0.717, 1.165) is 0 Å². The third-order valence-corrected chi connectivity index (χ3v) is 3.15. The molecule has 0 aliphatic heterocycles. The molecule has 2 N–H and O–H groups in total. The SMILES string of the molecule is NC(=O)C(Br)Cc1cc(C(F)(F)F)cc(C(F)(F)F)c1. The van der Waals surface area contributed by atoms with Crippen LogP contribution in [0.2, 0.25) is 0 Å². The van der Waals surface area contributed by atoms with Gasteiger partial charge in [0.2, 0.25) is 5.91 Å². The molecule has 112 valence electrons. The Labute approximate surface area is 118 Å². The number of rotatable bonds is 3. The molecule has 0 spiro atoms. The van der Waals surface area contributed by atoms with Crippen molar-refractivity contribution in [1.82, 2.24) is 0 Å². The molecular weight excluding hydrogens is 356 g/mol. The Morgan fingerprint density at radius 1 is 1.05 bits per heavy atom. The van der Waals surface area contributed by atoms with E-state index in [4.69, 9.17) is 5.73 Å². The van der Waals surface area contributed by atoms with Gasteiger partial charge in [0, 0.05) is 0 Å². The zero-order valence-electron chi connectivity index (χ0n) is 9.65. The monoisotopic (exact) mass is 363 g/mol. The average molecular weight is 364 g/mol. The summed E-state index contributed by atoms with van der Waals surface area (Å²) in [4.78, 5) is 9.75. The van der Waals surface area contributed by atoms with E-state index in [0.29, 0.717) is 12.1 Å². The highest BCUT2D eigenvalue weighted by Gasteiger charge is 2.37. The summed E-state index contributed by atoms with van der Waals surface area (Å²) >= 11 is 2.79. The van der Waals surface area contributed by atoms with Gasteiger partial charge in [-0.2, -0.15) is 26.3 Å². The van der Waals surface area contributed by atoms with Crippen LogP contribution in [0.3, 0.4) is 0 Å². The van der Waals surface area contributed by atoms with Crippen molar-refractivity contribution in [2.24, 2.45) is 5.73 Å². The molecule has 9 heteroatoms. The quantitative estimate of drug-likeness (QED) is 0.648. The second-order valence-corrected chi connectivity index (χ2v) is 5.09. The number of nitrogens with two attached hydrogens (primary N) is 1. The van der Waals surface area contributed by atoms with Crippen molar-refractivity contribution in [3.63, 3.8) is 0 Å². The second-order valence-electron chi connectivity index (χ2n) is 3.99. The van der Waals surface area contributed by atoms with Gasteiger partial charge in [0.1, 0.15) is 0 Å². The minimum atomic E-state index is -4.91. The van der Waals surface area contributed by atoms with Gasteiger partial charge in [0.25, 0.3) is 0 Å². The smallest absolute Gasteiger partial charge is 0.369 e. The molecule has 2 nitrogen and oxygen atoms in total. The third kappa shape index (κ3) is 4.39. The molecular formula is C11H8BrF6NO. The molecule has 0 aromatic heterocycles. The lowest BCUT2D eigenvalue weighted by Gasteiger charge is -2.15. The Morgan fingerprint density at radius 2 is 1.45 bits per heavy atom. The minimum Gasteiger partial charge on any atom is -0.369 e. The lowest BCUT2D eigenvalue weighted by molar-refractivity contribution is -0.143. The summed E-state index contributed by atoms with van der Waals surface area (Å²) in [5, 5.41) is 0. The molecule has 0 fully saturated rings. The predicted molar refractivity (Wildman–Crippen MR) is 62.1 cm³/mol. The van der Waals surface area contributed by atoms with Gasteiger partial charge in [0.15, 0.2) is 0 Å². The average Bonchev–Trinajstić information content (AvgIpc) is 2.26. The molecule has 1 atom stereocenters. The second kappa shape index (κ2) is 5.63. The molecule has 1 rings (SSSR count). The number of amides is 1. The maximum atomic E-state index is 12.6. The Bertz CT molecular complexity index is 478. The van der Waals surface area contributed by atoms with Crippen molar-refractivity contribution in [3.05, 3.63) is 34.9 Å². The first-order valence-corrected chi connectivity index (χ1v) is 6.04. The summed E-state index contributed by atoms with van der Waals surface area (Å²) < 4.78 is 75.4. The van der Waals surface area contributed by atoms with Crippen LogP contribution in [0.5, 0.6) is 0 Å². The molecule has 0 bridgehead atoms. The fraction of sp³-hybridized carbons (Fsp3) is 0.364. The molecule has 1 aromatic rings. The number of primary amides is 1. The van der Waals surface area contributed by atoms with Crippen molar-refractivity contribution in [2.75, 3.05) is 0 Å². The van der Waals surface area contributed by atoms with Crippen molar-refractivity contribution in [1.29, 1.82) is 0 Å². The number of alkyl halides is 7. The first kappa shape index (κ1) is 16.8. The van der Waals surface area contributed by atoms with E-state index >= 15 is 0 Å². The fourth-order valence-corrected chi connectivity index (χ4v) is 1.82. The topological polar surface area (TPSA) is 43.1 Å². The Hall–Kier alpha value is -1.25. The number of carbonyl (C=O) groups is 1. The zero-order chi connectivity index (χ0) is 15.7. The number of hydrogen-bond acceptors (Lipinski definition) is 1. The Kier molecular flexibility index (Phi) is 4.73. The summed E-state index contributed by atoms with van der Waals surface area (Å²) in [6.45, 7) is 0. The predicted octanol–water partition coefficient (Wildman–Crippen LogP) is 3.52. The molecule has 1 amide bonds. The molecule has 0 aliphatic carbocycles. The van der Waals surface area contributed by atoms with Gasteiger partial charge in [0.05, 0.1) is 16.0 Å². The maximum Gasteiger partial charge on any atom is 0.416 e. The first-order chi connectivity index (χ1) is 8.91. The van der Waals surface area contributed by atoms with Gasteiger partial charge >= 0.3 is 12.4 Å². The standard InChI is InChI=1S/C11H8BrF6NO/c12-8(9(19)20)3-5-1-6(10(13,14)15)4-7(2-5)11(16,17)18/h1-2,4,8H,3H2,(H2,19,20). The summed E-state index contributed by atoms with van der Waals surface area (Å²) in [5.41, 5.74) is 1.77. The van der Waals surface area contributed by atoms with E-state index in [1.165, 1.54) is 0 Å². The van der Waals surface area contributed by atoms with Crippen LogP contribution < -0.4 is 5.73 Å². The summed E-state index contributed by atoms with van der Waals surface area (Å²) in [6.07, 6.45) is -10.2. The van der Waals surface area contributed by atoms with Crippen molar-refractivity contribution >= 4 is 21.8 Å². The van der Waals surface area contributed by atoms with Crippen LogP contribution in [0.1, 0.15) is 16.7 Å². The van der Waals surface area contributed by atoms with E-state index in [1.807, 2.05) is 0 Å².